The Bertz CT molecular complexity index is 498. The summed E-state index contributed by atoms with van der Waals surface area (Å²) in [6, 6.07) is 0. The second kappa shape index (κ2) is 10.1. The number of hydrogen-bond acceptors (Lipinski definition) is 4. The molecule has 1 aliphatic heterocycles. The predicted octanol–water partition coefficient (Wildman–Crippen LogP) is 4.98. The number of aliphatic carboxylic acids is 1. The Labute approximate surface area is 172 Å². The monoisotopic (exact) mass is 414 g/mol. The minimum absolute atomic E-state index is 0.159. The quantitative estimate of drug-likeness (QED) is 0.267. The molecule has 1 saturated heterocycles. The summed E-state index contributed by atoms with van der Waals surface area (Å²) in [5.41, 5.74) is 0. The van der Waals surface area contributed by atoms with E-state index in [2.05, 4.69) is 33.9 Å². The van der Waals surface area contributed by atoms with Crippen molar-refractivity contribution in [1.29, 1.82) is 0 Å². The van der Waals surface area contributed by atoms with Gasteiger partial charge in [0.15, 0.2) is 8.32 Å². The van der Waals surface area contributed by atoms with Crippen molar-refractivity contribution in [1.82, 2.24) is 0 Å². The molecule has 1 saturated carbocycles. The number of rotatable bonds is 12. The fraction of sp³-hybridized carbons (Fsp3) is 0.955. The molecule has 2 rings (SSSR count). The normalized spacial score (nSPS) is 30.6. The fourth-order valence-corrected chi connectivity index (χ4v) is 5.65. The van der Waals surface area contributed by atoms with Crippen LogP contribution in [0, 0.1) is 11.8 Å². The second-order valence-corrected chi connectivity index (χ2v) is 15.2. The summed E-state index contributed by atoms with van der Waals surface area (Å²) in [5.74, 6) is -0.000434. The first kappa shape index (κ1) is 23.8. The number of epoxide rings is 1. The first-order valence-corrected chi connectivity index (χ1v) is 14.1. The molecule has 2 N–H and O–H groups in total. The molecule has 6 heteroatoms. The predicted molar refractivity (Wildman–Crippen MR) is 114 cm³/mol. The van der Waals surface area contributed by atoms with E-state index < -0.39 is 14.3 Å². The van der Waals surface area contributed by atoms with Crippen LogP contribution in [0.2, 0.25) is 18.1 Å². The Morgan fingerprint density at radius 1 is 1.07 bits per heavy atom. The highest BCUT2D eigenvalue weighted by Crippen LogP contribution is 2.45. The number of carboxylic acids is 1. The van der Waals surface area contributed by atoms with Crippen molar-refractivity contribution >= 4 is 14.3 Å². The largest absolute Gasteiger partial charge is 0.481 e. The highest BCUT2D eigenvalue weighted by molar-refractivity contribution is 6.74. The van der Waals surface area contributed by atoms with Crippen LogP contribution in [0.1, 0.15) is 78.6 Å². The lowest BCUT2D eigenvalue weighted by molar-refractivity contribution is -0.137. The number of ether oxygens (including phenoxy) is 1. The van der Waals surface area contributed by atoms with Gasteiger partial charge in [-0.2, -0.15) is 0 Å². The fourth-order valence-electron chi connectivity index (χ4n) is 4.27. The lowest BCUT2D eigenvalue weighted by atomic mass is 9.85. The van der Waals surface area contributed by atoms with Crippen molar-refractivity contribution in [3.63, 3.8) is 0 Å². The number of carbonyl (C=O) groups is 1. The van der Waals surface area contributed by atoms with E-state index in [0.29, 0.717) is 17.9 Å². The Kier molecular flexibility index (Phi) is 8.56. The number of aliphatic hydroxyl groups is 1. The van der Waals surface area contributed by atoms with Crippen LogP contribution in [-0.4, -0.2) is 49.4 Å². The zero-order chi connectivity index (χ0) is 20.9. The van der Waals surface area contributed by atoms with Crippen LogP contribution in [0.25, 0.3) is 0 Å². The second-order valence-electron chi connectivity index (χ2n) is 10.4. The third kappa shape index (κ3) is 7.12. The Morgan fingerprint density at radius 3 is 2.29 bits per heavy atom. The SMILES string of the molecule is CC(C)(C)[Si](C)(C)OC1CC(O)C(CCCCCCC(=O)O)C1CCC1CO1. The summed E-state index contributed by atoms with van der Waals surface area (Å²) in [5, 5.41) is 19.7. The molecule has 2 fully saturated rings. The van der Waals surface area contributed by atoms with E-state index in [1.165, 1.54) is 0 Å². The van der Waals surface area contributed by atoms with Crippen LogP contribution in [0.4, 0.5) is 0 Å². The van der Waals surface area contributed by atoms with Crippen molar-refractivity contribution in [3.8, 4) is 0 Å². The van der Waals surface area contributed by atoms with E-state index in [4.69, 9.17) is 14.3 Å². The van der Waals surface area contributed by atoms with E-state index in [1.807, 2.05) is 0 Å². The third-order valence-electron chi connectivity index (χ3n) is 7.15. The molecule has 0 radical (unpaired) electrons. The summed E-state index contributed by atoms with van der Waals surface area (Å²) in [6.07, 6.45) is 8.30. The summed E-state index contributed by atoms with van der Waals surface area (Å²) in [4.78, 5) is 10.6. The standard InChI is InChI=1S/C22H42O5Si/c1-22(2,3)28(4,5)27-20-14-19(23)17(18(20)13-12-16-15-26-16)10-8-6-7-9-11-21(24)25/h16-20,23H,6-15H2,1-5H3,(H,24,25). The highest BCUT2D eigenvalue weighted by atomic mass is 28.4. The molecule has 2 aliphatic rings. The van der Waals surface area contributed by atoms with Crippen molar-refractivity contribution in [2.75, 3.05) is 6.61 Å². The lowest BCUT2D eigenvalue weighted by Crippen LogP contribution is -2.45. The molecule has 0 spiro atoms. The summed E-state index contributed by atoms with van der Waals surface area (Å²) in [7, 11) is -1.87. The number of hydrogen-bond donors (Lipinski definition) is 2. The van der Waals surface area contributed by atoms with E-state index >= 15 is 0 Å². The molecular formula is C22H42O5Si. The Hall–Kier alpha value is -0.433. The number of aliphatic hydroxyl groups excluding tert-OH is 1. The summed E-state index contributed by atoms with van der Waals surface area (Å²) < 4.78 is 12.2. The minimum Gasteiger partial charge on any atom is -0.481 e. The van der Waals surface area contributed by atoms with Gasteiger partial charge in [0.25, 0.3) is 0 Å². The topological polar surface area (TPSA) is 79.3 Å². The zero-order valence-corrected chi connectivity index (χ0v) is 19.6. The molecule has 5 nitrogen and oxygen atoms in total. The van der Waals surface area contributed by atoms with Crippen molar-refractivity contribution < 1.29 is 24.2 Å². The molecule has 5 atom stereocenters. The van der Waals surface area contributed by atoms with Gasteiger partial charge in [0.1, 0.15) is 0 Å². The molecular weight excluding hydrogens is 372 g/mol. The van der Waals surface area contributed by atoms with Crippen LogP contribution in [-0.2, 0) is 14.0 Å². The Balaban J connectivity index is 1.91. The van der Waals surface area contributed by atoms with Gasteiger partial charge >= 0.3 is 5.97 Å². The van der Waals surface area contributed by atoms with Gasteiger partial charge in [-0.05, 0) is 62.1 Å². The van der Waals surface area contributed by atoms with Gasteiger partial charge in [0.2, 0.25) is 0 Å². The van der Waals surface area contributed by atoms with E-state index in [-0.39, 0.29) is 23.7 Å². The molecule has 0 bridgehead atoms. The first-order chi connectivity index (χ1) is 13.0. The number of carboxylic acid groups (broad SMARTS) is 1. The molecule has 5 unspecified atom stereocenters. The molecule has 0 aromatic rings. The van der Waals surface area contributed by atoms with Crippen LogP contribution in [0.15, 0.2) is 0 Å². The molecule has 28 heavy (non-hydrogen) atoms. The highest BCUT2D eigenvalue weighted by Gasteiger charge is 2.47. The Morgan fingerprint density at radius 2 is 1.71 bits per heavy atom. The molecule has 1 aliphatic carbocycles. The maximum absolute atomic E-state index is 10.8. The third-order valence-corrected chi connectivity index (χ3v) is 11.7. The van der Waals surface area contributed by atoms with Crippen LogP contribution >= 0.6 is 0 Å². The molecule has 1 heterocycles. The average Bonchev–Trinajstić information content (AvgIpc) is 3.33. The van der Waals surface area contributed by atoms with Gasteiger partial charge in [-0.25, -0.2) is 0 Å². The average molecular weight is 415 g/mol. The maximum atomic E-state index is 10.8. The zero-order valence-electron chi connectivity index (χ0n) is 18.6. The molecule has 0 aromatic heterocycles. The van der Waals surface area contributed by atoms with E-state index in [9.17, 15) is 9.90 Å². The van der Waals surface area contributed by atoms with Gasteiger partial charge < -0.3 is 19.4 Å². The van der Waals surface area contributed by atoms with E-state index in [1.54, 1.807) is 0 Å². The van der Waals surface area contributed by atoms with Crippen molar-refractivity contribution in [2.45, 2.75) is 115 Å². The van der Waals surface area contributed by atoms with Crippen molar-refractivity contribution in [3.05, 3.63) is 0 Å². The first-order valence-electron chi connectivity index (χ1n) is 11.2. The maximum Gasteiger partial charge on any atom is 0.303 e. The van der Waals surface area contributed by atoms with E-state index in [0.717, 1.165) is 58.0 Å². The van der Waals surface area contributed by atoms with Crippen molar-refractivity contribution in [2.24, 2.45) is 11.8 Å². The smallest absolute Gasteiger partial charge is 0.303 e. The lowest BCUT2D eigenvalue weighted by Gasteiger charge is -2.40. The summed E-state index contributed by atoms with van der Waals surface area (Å²) in [6.45, 7) is 12.3. The minimum atomic E-state index is -1.87. The molecule has 164 valence electrons. The van der Waals surface area contributed by atoms with Gasteiger partial charge in [0, 0.05) is 6.42 Å². The van der Waals surface area contributed by atoms with Gasteiger partial charge in [-0.1, -0.05) is 40.0 Å². The number of unbranched alkanes of at least 4 members (excludes halogenated alkanes) is 3. The van der Waals surface area contributed by atoms with Gasteiger partial charge in [-0.15, -0.1) is 0 Å². The molecule has 0 amide bonds. The van der Waals surface area contributed by atoms with Gasteiger partial charge in [-0.3, -0.25) is 4.79 Å². The van der Waals surface area contributed by atoms with Gasteiger partial charge in [0.05, 0.1) is 24.9 Å². The molecule has 0 aromatic carbocycles. The van der Waals surface area contributed by atoms with Crippen LogP contribution in [0.5, 0.6) is 0 Å². The van der Waals surface area contributed by atoms with Crippen LogP contribution in [0.3, 0.4) is 0 Å². The van der Waals surface area contributed by atoms with Crippen LogP contribution < -0.4 is 0 Å². The summed E-state index contributed by atoms with van der Waals surface area (Å²) >= 11 is 0.